The molecule has 14 heavy (non-hydrogen) atoms. The van der Waals surface area contributed by atoms with Crippen LogP contribution in [0.25, 0.3) is 0 Å². The summed E-state index contributed by atoms with van der Waals surface area (Å²) in [6, 6.07) is 0.495. The number of nitrogens with two attached hydrogens (primary N) is 1. The van der Waals surface area contributed by atoms with Crippen molar-refractivity contribution in [1.29, 1.82) is 0 Å². The van der Waals surface area contributed by atoms with Crippen molar-refractivity contribution >= 4 is 6.01 Å². The molecule has 1 aliphatic carbocycles. The maximum absolute atomic E-state index is 5.38. The van der Waals surface area contributed by atoms with E-state index >= 15 is 0 Å². The second kappa shape index (κ2) is 3.57. The Morgan fingerprint density at radius 2 is 2.14 bits per heavy atom. The summed E-state index contributed by atoms with van der Waals surface area (Å²) in [6.07, 6.45) is 4.85. The lowest BCUT2D eigenvalue weighted by Gasteiger charge is -2.23. The fourth-order valence-corrected chi connectivity index (χ4v) is 1.93. The number of aromatic nitrogens is 2. The van der Waals surface area contributed by atoms with Gasteiger partial charge in [0.05, 0.1) is 6.54 Å². The second-order valence-electron chi connectivity index (χ2n) is 4.10. The molecule has 0 atom stereocenters. The second-order valence-corrected chi connectivity index (χ2v) is 4.10. The molecule has 0 radical (unpaired) electrons. The standard InChI is InChI=1S/C9H16N4O/c1-9(4-2-3-5-9)11-8-13-12-7(6-10)14-8/h2-6,10H2,1H3,(H,11,13). The number of hydrogen-bond acceptors (Lipinski definition) is 5. The number of nitrogens with one attached hydrogen (secondary N) is 1. The number of hydrogen-bond donors (Lipinski definition) is 2. The predicted molar refractivity (Wildman–Crippen MR) is 52.7 cm³/mol. The first-order chi connectivity index (χ1) is 6.72. The maximum atomic E-state index is 5.38. The SMILES string of the molecule is CC1(Nc2nnc(CN)o2)CCCC1. The van der Waals surface area contributed by atoms with Gasteiger partial charge in [-0.25, -0.2) is 0 Å². The van der Waals surface area contributed by atoms with E-state index < -0.39 is 0 Å². The van der Waals surface area contributed by atoms with Gasteiger partial charge in [0.15, 0.2) is 0 Å². The molecule has 0 aliphatic heterocycles. The minimum atomic E-state index is 0.123. The quantitative estimate of drug-likeness (QED) is 0.761. The normalized spacial score (nSPS) is 19.9. The third kappa shape index (κ3) is 1.87. The smallest absolute Gasteiger partial charge is 0.315 e. The summed E-state index contributed by atoms with van der Waals surface area (Å²) < 4.78 is 5.30. The van der Waals surface area contributed by atoms with Gasteiger partial charge in [-0.1, -0.05) is 17.9 Å². The number of anilines is 1. The van der Waals surface area contributed by atoms with Crippen molar-refractivity contribution in [2.45, 2.75) is 44.7 Å². The van der Waals surface area contributed by atoms with Crippen molar-refractivity contribution in [2.75, 3.05) is 5.32 Å². The Kier molecular flexibility index (Phi) is 2.41. The van der Waals surface area contributed by atoms with Gasteiger partial charge in [-0.2, -0.15) is 0 Å². The first-order valence-electron chi connectivity index (χ1n) is 5.02. The Balaban J connectivity index is 2.02. The number of nitrogens with zero attached hydrogens (tertiary/aromatic N) is 2. The fraction of sp³-hybridized carbons (Fsp3) is 0.778. The third-order valence-electron chi connectivity index (χ3n) is 2.76. The lowest BCUT2D eigenvalue weighted by molar-refractivity contribution is 0.465. The van der Waals surface area contributed by atoms with Crippen molar-refractivity contribution < 1.29 is 4.42 Å². The predicted octanol–water partition coefficient (Wildman–Crippen LogP) is 1.27. The van der Waals surface area contributed by atoms with Gasteiger partial charge in [-0.15, -0.1) is 5.10 Å². The first-order valence-corrected chi connectivity index (χ1v) is 5.02. The summed E-state index contributed by atoms with van der Waals surface area (Å²) in [6.45, 7) is 2.48. The monoisotopic (exact) mass is 196 g/mol. The molecule has 0 unspecified atom stereocenters. The van der Waals surface area contributed by atoms with E-state index in [1.165, 1.54) is 12.8 Å². The van der Waals surface area contributed by atoms with Gasteiger partial charge in [0.2, 0.25) is 5.89 Å². The Bertz CT molecular complexity index is 304. The molecule has 1 fully saturated rings. The van der Waals surface area contributed by atoms with Gasteiger partial charge >= 0.3 is 6.01 Å². The summed E-state index contributed by atoms with van der Waals surface area (Å²) in [5, 5.41) is 11.0. The fourth-order valence-electron chi connectivity index (χ4n) is 1.93. The molecule has 0 bridgehead atoms. The molecule has 0 amide bonds. The van der Waals surface area contributed by atoms with Gasteiger partial charge in [0, 0.05) is 5.54 Å². The molecule has 1 saturated carbocycles. The molecule has 0 saturated heterocycles. The van der Waals surface area contributed by atoms with Crippen molar-refractivity contribution in [2.24, 2.45) is 5.73 Å². The molecule has 0 aromatic carbocycles. The van der Waals surface area contributed by atoms with Crippen molar-refractivity contribution in [1.82, 2.24) is 10.2 Å². The third-order valence-corrected chi connectivity index (χ3v) is 2.76. The lowest BCUT2D eigenvalue weighted by atomic mass is 10.0. The molecule has 5 heteroatoms. The molecule has 1 aromatic rings. The highest BCUT2D eigenvalue weighted by Gasteiger charge is 2.29. The molecular formula is C9H16N4O. The average Bonchev–Trinajstić information content (AvgIpc) is 2.75. The maximum Gasteiger partial charge on any atom is 0.315 e. The van der Waals surface area contributed by atoms with Crippen molar-refractivity contribution in [3.8, 4) is 0 Å². The van der Waals surface area contributed by atoms with Gasteiger partial charge < -0.3 is 15.5 Å². The van der Waals surface area contributed by atoms with Crippen molar-refractivity contribution in [3.63, 3.8) is 0 Å². The molecule has 1 aromatic heterocycles. The Labute approximate surface area is 83.1 Å². The summed E-state index contributed by atoms with van der Waals surface area (Å²) in [4.78, 5) is 0. The zero-order valence-corrected chi connectivity index (χ0v) is 8.42. The van der Waals surface area contributed by atoms with E-state index in [-0.39, 0.29) is 5.54 Å². The van der Waals surface area contributed by atoms with Crippen LogP contribution in [0.3, 0.4) is 0 Å². The highest BCUT2D eigenvalue weighted by atomic mass is 16.4. The summed E-state index contributed by atoms with van der Waals surface area (Å²) >= 11 is 0. The van der Waals surface area contributed by atoms with Crippen LogP contribution in [0, 0.1) is 0 Å². The van der Waals surface area contributed by atoms with Crippen LogP contribution in [0.15, 0.2) is 4.42 Å². The molecule has 2 rings (SSSR count). The Morgan fingerprint density at radius 3 is 2.71 bits per heavy atom. The van der Waals surface area contributed by atoms with Crippen molar-refractivity contribution in [3.05, 3.63) is 5.89 Å². The van der Waals surface area contributed by atoms with Gasteiger partial charge in [0.25, 0.3) is 0 Å². The highest BCUT2D eigenvalue weighted by Crippen LogP contribution is 2.31. The van der Waals surface area contributed by atoms with E-state index in [9.17, 15) is 0 Å². The molecule has 0 spiro atoms. The van der Waals surface area contributed by atoms with E-state index in [4.69, 9.17) is 10.2 Å². The van der Waals surface area contributed by atoms with Crippen LogP contribution >= 0.6 is 0 Å². The van der Waals surface area contributed by atoms with E-state index in [1.807, 2.05) is 0 Å². The molecule has 78 valence electrons. The topological polar surface area (TPSA) is 77.0 Å². The van der Waals surface area contributed by atoms with Crippen LogP contribution in [0.1, 0.15) is 38.5 Å². The summed E-state index contributed by atoms with van der Waals surface area (Å²) in [5.41, 5.74) is 5.50. The molecule has 5 nitrogen and oxygen atoms in total. The van der Waals surface area contributed by atoms with E-state index in [0.29, 0.717) is 18.5 Å². The minimum Gasteiger partial charge on any atom is -0.407 e. The van der Waals surface area contributed by atoms with E-state index in [0.717, 1.165) is 12.8 Å². The first kappa shape index (κ1) is 9.45. The van der Waals surface area contributed by atoms with Gasteiger partial charge in [-0.3, -0.25) is 0 Å². The van der Waals surface area contributed by atoms with Crippen LogP contribution < -0.4 is 11.1 Å². The Morgan fingerprint density at radius 1 is 1.43 bits per heavy atom. The van der Waals surface area contributed by atoms with Gasteiger partial charge in [-0.05, 0) is 19.8 Å². The number of rotatable bonds is 3. The molecular weight excluding hydrogens is 180 g/mol. The summed E-state index contributed by atoms with van der Waals surface area (Å²) in [5.74, 6) is 0.481. The minimum absolute atomic E-state index is 0.123. The zero-order valence-electron chi connectivity index (χ0n) is 8.42. The van der Waals surface area contributed by atoms with Crippen LogP contribution in [0.2, 0.25) is 0 Å². The van der Waals surface area contributed by atoms with Crippen LogP contribution in [-0.4, -0.2) is 15.7 Å². The van der Waals surface area contributed by atoms with Gasteiger partial charge in [0.1, 0.15) is 0 Å². The van der Waals surface area contributed by atoms with Crippen LogP contribution in [0.4, 0.5) is 6.01 Å². The van der Waals surface area contributed by atoms with E-state index in [1.54, 1.807) is 0 Å². The zero-order chi connectivity index (χ0) is 10.0. The largest absolute Gasteiger partial charge is 0.407 e. The van der Waals surface area contributed by atoms with Crippen LogP contribution in [-0.2, 0) is 6.54 Å². The van der Waals surface area contributed by atoms with E-state index in [2.05, 4.69) is 22.4 Å². The molecule has 3 N–H and O–H groups in total. The average molecular weight is 196 g/mol. The highest BCUT2D eigenvalue weighted by molar-refractivity contribution is 5.24. The molecule has 1 heterocycles. The van der Waals surface area contributed by atoms with Crippen LogP contribution in [0.5, 0.6) is 0 Å². The Hall–Kier alpha value is -1.10. The molecule has 1 aliphatic rings. The summed E-state index contributed by atoms with van der Waals surface area (Å²) in [7, 11) is 0. The lowest BCUT2D eigenvalue weighted by Crippen LogP contribution is -2.30.